The van der Waals surface area contributed by atoms with Crippen LogP contribution in [0.4, 0.5) is 4.39 Å². The molecule has 0 radical (unpaired) electrons. The summed E-state index contributed by atoms with van der Waals surface area (Å²) in [7, 11) is 0. The minimum atomic E-state index is -0.391. The zero-order valence-electron chi connectivity index (χ0n) is 11.7. The van der Waals surface area contributed by atoms with Crippen molar-refractivity contribution in [1.82, 2.24) is 10.3 Å². The van der Waals surface area contributed by atoms with Crippen LogP contribution in [-0.2, 0) is 13.1 Å². The normalized spacial score (nSPS) is 11.6. The van der Waals surface area contributed by atoms with Crippen molar-refractivity contribution in [2.45, 2.75) is 20.0 Å². The summed E-state index contributed by atoms with van der Waals surface area (Å²) in [6.45, 7) is 3.01. The molecular formula is C15H17FN4O. The van der Waals surface area contributed by atoms with Gasteiger partial charge in [-0.15, -0.1) is 0 Å². The molecule has 1 aromatic carbocycles. The average Bonchev–Trinajstić information content (AvgIpc) is 2.50. The van der Waals surface area contributed by atoms with Gasteiger partial charge in [-0.05, 0) is 30.2 Å². The van der Waals surface area contributed by atoms with E-state index in [0.29, 0.717) is 24.2 Å². The Balaban J connectivity index is 1.99. The topological polar surface area (TPSA) is 83.5 Å². The molecule has 0 bridgehead atoms. The van der Waals surface area contributed by atoms with Crippen LogP contribution in [0.3, 0.4) is 0 Å². The van der Waals surface area contributed by atoms with E-state index in [0.717, 1.165) is 11.1 Å². The Hall–Kier alpha value is -2.47. The van der Waals surface area contributed by atoms with Gasteiger partial charge in [0.1, 0.15) is 5.82 Å². The van der Waals surface area contributed by atoms with Crippen molar-refractivity contribution in [2.75, 3.05) is 0 Å². The number of nitrogens with one attached hydrogen (secondary N) is 1. The lowest BCUT2D eigenvalue weighted by Crippen LogP contribution is -2.16. The standard InChI is InChI=1S/C15H17FN4O/c1-10-7-18-5-4-12(10)8-19-9-13-3-2-11(6-14(13)16)15(17)20-21/h2-7,19,21H,8-9H2,1H3,(H2,17,20). The molecule has 5 nitrogen and oxygen atoms in total. The molecule has 1 aromatic heterocycles. The fourth-order valence-corrected chi connectivity index (χ4v) is 1.94. The van der Waals surface area contributed by atoms with Crippen LogP contribution in [-0.4, -0.2) is 16.0 Å². The number of amidine groups is 1. The Morgan fingerprint density at radius 2 is 2.10 bits per heavy atom. The number of aromatic nitrogens is 1. The molecule has 2 aromatic rings. The zero-order valence-corrected chi connectivity index (χ0v) is 11.7. The minimum Gasteiger partial charge on any atom is -0.409 e. The van der Waals surface area contributed by atoms with E-state index in [1.54, 1.807) is 24.5 Å². The van der Waals surface area contributed by atoms with E-state index in [1.807, 2.05) is 13.0 Å². The first-order chi connectivity index (χ1) is 10.1. The highest BCUT2D eigenvalue weighted by Gasteiger charge is 2.06. The molecule has 0 saturated carbocycles. The Bertz CT molecular complexity index is 658. The van der Waals surface area contributed by atoms with Crippen LogP contribution in [0.2, 0.25) is 0 Å². The summed E-state index contributed by atoms with van der Waals surface area (Å²) in [6, 6.07) is 6.42. The number of hydrogen-bond acceptors (Lipinski definition) is 4. The number of hydrogen-bond donors (Lipinski definition) is 3. The lowest BCUT2D eigenvalue weighted by Gasteiger charge is -2.09. The van der Waals surface area contributed by atoms with E-state index in [9.17, 15) is 4.39 Å². The maximum atomic E-state index is 13.9. The number of benzene rings is 1. The fraction of sp³-hybridized carbons (Fsp3) is 0.200. The molecular weight excluding hydrogens is 271 g/mol. The highest BCUT2D eigenvalue weighted by Crippen LogP contribution is 2.11. The van der Waals surface area contributed by atoms with E-state index >= 15 is 0 Å². The van der Waals surface area contributed by atoms with Gasteiger partial charge in [0.2, 0.25) is 0 Å². The molecule has 0 spiro atoms. The van der Waals surface area contributed by atoms with Crippen LogP contribution < -0.4 is 11.1 Å². The first-order valence-corrected chi connectivity index (χ1v) is 6.48. The largest absolute Gasteiger partial charge is 0.409 e. The summed E-state index contributed by atoms with van der Waals surface area (Å²) in [5, 5.41) is 14.6. The van der Waals surface area contributed by atoms with Gasteiger partial charge in [-0.2, -0.15) is 0 Å². The second-order valence-electron chi connectivity index (χ2n) is 4.70. The third kappa shape index (κ3) is 3.76. The van der Waals surface area contributed by atoms with Crippen molar-refractivity contribution in [1.29, 1.82) is 0 Å². The number of nitrogens with two attached hydrogens (primary N) is 1. The van der Waals surface area contributed by atoms with Gasteiger partial charge in [0.15, 0.2) is 5.84 Å². The van der Waals surface area contributed by atoms with E-state index in [2.05, 4.69) is 15.5 Å². The smallest absolute Gasteiger partial charge is 0.170 e. The summed E-state index contributed by atoms with van der Waals surface area (Å²) in [5.41, 5.74) is 8.51. The van der Waals surface area contributed by atoms with E-state index in [4.69, 9.17) is 10.9 Å². The van der Waals surface area contributed by atoms with Gasteiger partial charge in [0, 0.05) is 36.6 Å². The Morgan fingerprint density at radius 1 is 1.33 bits per heavy atom. The molecule has 0 amide bonds. The third-order valence-corrected chi connectivity index (χ3v) is 3.22. The van der Waals surface area contributed by atoms with Crippen molar-refractivity contribution in [3.8, 4) is 0 Å². The molecule has 0 fully saturated rings. The number of oxime groups is 1. The number of aryl methyl sites for hydroxylation is 1. The number of halogens is 1. The van der Waals surface area contributed by atoms with Crippen LogP contribution in [0.5, 0.6) is 0 Å². The first kappa shape index (κ1) is 14.9. The predicted molar refractivity (Wildman–Crippen MR) is 78.4 cm³/mol. The van der Waals surface area contributed by atoms with Crippen molar-refractivity contribution in [3.05, 3.63) is 64.7 Å². The molecule has 0 unspecified atom stereocenters. The van der Waals surface area contributed by atoms with Gasteiger partial charge in [-0.3, -0.25) is 4.98 Å². The maximum absolute atomic E-state index is 13.9. The highest BCUT2D eigenvalue weighted by atomic mass is 19.1. The van der Waals surface area contributed by atoms with Crippen LogP contribution in [0.25, 0.3) is 0 Å². The highest BCUT2D eigenvalue weighted by molar-refractivity contribution is 5.97. The SMILES string of the molecule is Cc1cnccc1CNCc1ccc(/C(N)=N/O)cc1F. The second kappa shape index (κ2) is 6.81. The monoisotopic (exact) mass is 288 g/mol. The molecule has 110 valence electrons. The molecule has 0 atom stereocenters. The summed E-state index contributed by atoms with van der Waals surface area (Å²) >= 11 is 0. The van der Waals surface area contributed by atoms with Gasteiger partial charge in [0.05, 0.1) is 0 Å². The summed E-state index contributed by atoms with van der Waals surface area (Å²) in [4.78, 5) is 4.03. The lowest BCUT2D eigenvalue weighted by atomic mass is 10.1. The molecule has 0 aliphatic carbocycles. The number of pyridine rings is 1. The van der Waals surface area contributed by atoms with E-state index in [-0.39, 0.29) is 5.84 Å². The van der Waals surface area contributed by atoms with Crippen LogP contribution in [0.15, 0.2) is 41.8 Å². The van der Waals surface area contributed by atoms with Crippen molar-refractivity contribution in [2.24, 2.45) is 10.9 Å². The number of nitrogens with zero attached hydrogens (tertiary/aromatic N) is 2. The van der Waals surface area contributed by atoms with Crippen LogP contribution >= 0.6 is 0 Å². The second-order valence-corrected chi connectivity index (χ2v) is 4.70. The summed E-state index contributed by atoms with van der Waals surface area (Å²) in [6.07, 6.45) is 3.53. The van der Waals surface area contributed by atoms with Crippen LogP contribution in [0.1, 0.15) is 22.3 Å². The van der Waals surface area contributed by atoms with Gasteiger partial charge in [0.25, 0.3) is 0 Å². The van der Waals surface area contributed by atoms with Crippen molar-refractivity contribution < 1.29 is 9.60 Å². The van der Waals surface area contributed by atoms with Gasteiger partial charge < -0.3 is 16.3 Å². The molecule has 1 heterocycles. The maximum Gasteiger partial charge on any atom is 0.170 e. The van der Waals surface area contributed by atoms with Crippen LogP contribution in [0, 0.1) is 12.7 Å². The van der Waals surface area contributed by atoms with Crippen molar-refractivity contribution >= 4 is 5.84 Å². The summed E-state index contributed by atoms with van der Waals surface area (Å²) in [5.74, 6) is -0.501. The molecule has 6 heteroatoms. The molecule has 0 aliphatic rings. The summed E-state index contributed by atoms with van der Waals surface area (Å²) < 4.78 is 13.9. The van der Waals surface area contributed by atoms with Gasteiger partial charge >= 0.3 is 0 Å². The predicted octanol–water partition coefficient (Wildman–Crippen LogP) is 1.91. The molecule has 2 rings (SSSR count). The Morgan fingerprint density at radius 3 is 2.76 bits per heavy atom. The zero-order chi connectivity index (χ0) is 15.2. The number of rotatable bonds is 5. The van der Waals surface area contributed by atoms with E-state index < -0.39 is 5.82 Å². The third-order valence-electron chi connectivity index (χ3n) is 3.22. The molecule has 21 heavy (non-hydrogen) atoms. The van der Waals surface area contributed by atoms with Gasteiger partial charge in [-0.25, -0.2) is 4.39 Å². The molecule has 0 aliphatic heterocycles. The van der Waals surface area contributed by atoms with Gasteiger partial charge in [-0.1, -0.05) is 17.3 Å². The minimum absolute atomic E-state index is 0.110. The Labute approximate surface area is 122 Å². The average molecular weight is 288 g/mol. The molecule has 4 N–H and O–H groups in total. The first-order valence-electron chi connectivity index (χ1n) is 6.48. The van der Waals surface area contributed by atoms with Crippen molar-refractivity contribution in [3.63, 3.8) is 0 Å². The lowest BCUT2D eigenvalue weighted by molar-refractivity contribution is 0.318. The molecule has 0 saturated heterocycles. The quantitative estimate of drug-likeness (QED) is 0.340. The van der Waals surface area contributed by atoms with E-state index in [1.165, 1.54) is 6.07 Å². The Kier molecular flexibility index (Phi) is 4.84. The fourth-order valence-electron chi connectivity index (χ4n) is 1.94.